The normalized spacial score (nSPS) is 12.9. The minimum absolute atomic E-state index is 0.0218. The standard InChI is InChI=1S/C15H28O8/c1-9-14(5,6)10-15(7,8)21-23-19-12(17)11(16)18-22-20-13(2,3)4/h9-10H2,1-8H3. The molecular formula is C15H28O8. The summed E-state index contributed by atoms with van der Waals surface area (Å²) in [5.74, 6) is -2.88. The Bertz CT molecular complexity index is 395. The lowest BCUT2D eigenvalue weighted by Crippen LogP contribution is -2.32. The summed E-state index contributed by atoms with van der Waals surface area (Å²) in [5.41, 5.74) is -1.40. The minimum Gasteiger partial charge on any atom is -0.255 e. The van der Waals surface area contributed by atoms with Crippen LogP contribution < -0.4 is 0 Å². The van der Waals surface area contributed by atoms with E-state index in [1.165, 1.54) is 0 Å². The molecule has 0 rings (SSSR count). The average Bonchev–Trinajstić information content (AvgIpc) is 2.35. The largest absolute Gasteiger partial charge is 0.456 e. The van der Waals surface area contributed by atoms with Gasteiger partial charge in [-0.3, -0.25) is 9.78 Å². The number of carbonyl (C=O) groups excluding carboxylic acids is 2. The Hall–Kier alpha value is -1.22. The third kappa shape index (κ3) is 11.0. The molecule has 0 radical (unpaired) electrons. The fourth-order valence-corrected chi connectivity index (χ4v) is 1.66. The summed E-state index contributed by atoms with van der Waals surface area (Å²) in [6, 6.07) is 0. The van der Waals surface area contributed by atoms with Crippen LogP contribution in [-0.4, -0.2) is 23.1 Å². The predicted octanol–water partition coefficient (Wildman–Crippen LogP) is 3.20. The van der Waals surface area contributed by atoms with Crippen LogP contribution in [-0.2, 0) is 39.2 Å². The van der Waals surface area contributed by atoms with Crippen molar-refractivity contribution in [1.82, 2.24) is 0 Å². The highest BCUT2D eigenvalue weighted by Gasteiger charge is 2.31. The van der Waals surface area contributed by atoms with E-state index in [1.54, 1.807) is 34.6 Å². The number of hydrogen-bond acceptors (Lipinski definition) is 8. The van der Waals surface area contributed by atoms with Gasteiger partial charge in [0.2, 0.25) is 0 Å². The van der Waals surface area contributed by atoms with Crippen molar-refractivity contribution < 1.29 is 39.2 Å². The molecule has 0 aromatic carbocycles. The van der Waals surface area contributed by atoms with Crippen LogP contribution in [0.1, 0.15) is 68.2 Å². The molecule has 0 bridgehead atoms. The van der Waals surface area contributed by atoms with Crippen molar-refractivity contribution in [2.75, 3.05) is 0 Å². The molecule has 0 aliphatic rings. The highest BCUT2D eigenvalue weighted by Crippen LogP contribution is 2.32. The molecule has 8 nitrogen and oxygen atoms in total. The second-order valence-corrected chi connectivity index (χ2v) is 7.61. The van der Waals surface area contributed by atoms with Gasteiger partial charge in [-0.2, -0.15) is 9.78 Å². The summed E-state index contributed by atoms with van der Waals surface area (Å²) in [6.07, 6.45) is 1.60. The molecule has 0 fully saturated rings. The van der Waals surface area contributed by atoms with Crippen LogP contribution in [0.4, 0.5) is 0 Å². The van der Waals surface area contributed by atoms with Crippen LogP contribution in [0.2, 0.25) is 0 Å². The molecule has 136 valence electrons. The van der Waals surface area contributed by atoms with Gasteiger partial charge in [0.25, 0.3) is 0 Å². The van der Waals surface area contributed by atoms with Gasteiger partial charge in [-0.15, -0.1) is 0 Å². The third-order valence-electron chi connectivity index (χ3n) is 2.79. The fraction of sp³-hybridized carbons (Fsp3) is 0.867. The van der Waals surface area contributed by atoms with Gasteiger partial charge in [-0.1, -0.05) is 27.2 Å². The summed E-state index contributed by atoms with van der Waals surface area (Å²) in [6.45, 7) is 14.8. The molecule has 0 atom stereocenters. The highest BCUT2D eigenvalue weighted by atomic mass is 17.5. The lowest BCUT2D eigenvalue weighted by atomic mass is 9.80. The van der Waals surface area contributed by atoms with E-state index in [1.807, 2.05) is 0 Å². The van der Waals surface area contributed by atoms with Crippen LogP contribution in [0.25, 0.3) is 0 Å². The Morgan fingerprint density at radius 1 is 0.783 bits per heavy atom. The quantitative estimate of drug-likeness (QED) is 0.379. The first kappa shape index (κ1) is 21.8. The van der Waals surface area contributed by atoms with Crippen molar-refractivity contribution >= 4 is 11.9 Å². The molecule has 0 heterocycles. The second-order valence-electron chi connectivity index (χ2n) is 7.61. The molecule has 0 spiro atoms. The zero-order chi connectivity index (χ0) is 18.3. The third-order valence-corrected chi connectivity index (χ3v) is 2.79. The molecule has 0 N–H and O–H groups in total. The zero-order valence-corrected chi connectivity index (χ0v) is 15.2. The molecule has 8 heteroatoms. The minimum atomic E-state index is -1.44. The van der Waals surface area contributed by atoms with Gasteiger partial charge < -0.3 is 0 Å². The van der Waals surface area contributed by atoms with E-state index in [0.717, 1.165) is 6.42 Å². The lowest BCUT2D eigenvalue weighted by molar-refractivity contribution is -0.525. The fourth-order valence-electron chi connectivity index (χ4n) is 1.66. The van der Waals surface area contributed by atoms with Gasteiger partial charge in [0.05, 0.1) is 5.60 Å². The molecule has 0 aliphatic carbocycles. The molecule has 0 aliphatic heterocycles. The van der Waals surface area contributed by atoms with Crippen molar-refractivity contribution in [3.8, 4) is 0 Å². The van der Waals surface area contributed by atoms with Crippen LogP contribution in [0, 0.1) is 5.41 Å². The van der Waals surface area contributed by atoms with E-state index in [2.05, 4.69) is 45.5 Å². The molecule has 0 saturated heterocycles. The molecule has 0 amide bonds. The zero-order valence-electron chi connectivity index (χ0n) is 15.2. The average molecular weight is 336 g/mol. The Kier molecular flexibility index (Phi) is 8.13. The van der Waals surface area contributed by atoms with Crippen molar-refractivity contribution in [2.45, 2.75) is 79.4 Å². The number of carbonyl (C=O) groups is 2. The summed E-state index contributed by atoms with van der Waals surface area (Å²) in [4.78, 5) is 40.5. The predicted molar refractivity (Wildman–Crippen MR) is 79.0 cm³/mol. The van der Waals surface area contributed by atoms with Gasteiger partial charge >= 0.3 is 11.9 Å². The number of rotatable bonds is 8. The molecule has 23 heavy (non-hydrogen) atoms. The first-order valence-corrected chi connectivity index (χ1v) is 7.41. The van der Waals surface area contributed by atoms with E-state index in [4.69, 9.17) is 4.89 Å². The van der Waals surface area contributed by atoms with Crippen LogP contribution in [0.3, 0.4) is 0 Å². The SMILES string of the molecule is CCC(C)(C)CC(C)(C)OOOC(=O)C(=O)OOOC(C)(C)C. The summed E-state index contributed by atoms with van der Waals surface area (Å²) in [7, 11) is 0. The van der Waals surface area contributed by atoms with Crippen LogP contribution in [0.5, 0.6) is 0 Å². The maximum absolute atomic E-state index is 11.3. The summed E-state index contributed by atoms with van der Waals surface area (Å²) < 4.78 is 0. The van der Waals surface area contributed by atoms with E-state index >= 15 is 0 Å². The molecule has 0 aromatic heterocycles. The van der Waals surface area contributed by atoms with Crippen molar-refractivity contribution in [3.63, 3.8) is 0 Å². The second kappa shape index (κ2) is 8.58. The topological polar surface area (TPSA) is 89.5 Å². The number of hydrogen-bond donors (Lipinski definition) is 0. The smallest absolute Gasteiger partial charge is 0.255 e. The van der Waals surface area contributed by atoms with E-state index < -0.39 is 23.1 Å². The lowest BCUT2D eigenvalue weighted by Gasteiger charge is -2.32. The van der Waals surface area contributed by atoms with Gasteiger partial charge in [-0.25, -0.2) is 9.59 Å². The van der Waals surface area contributed by atoms with E-state index in [9.17, 15) is 9.59 Å². The Balaban J connectivity index is 4.12. The summed E-state index contributed by atoms with van der Waals surface area (Å²) >= 11 is 0. The Labute approximate surface area is 137 Å². The molecule has 0 saturated carbocycles. The van der Waals surface area contributed by atoms with Gasteiger partial charge in [0.1, 0.15) is 5.60 Å². The highest BCUT2D eigenvalue weighted by molar-refractivity contribution is 6.29. The van der Waals surface area contributed by atoms with Gasteiger partial charge in [0.15, 0.2) is 0 Å². The molecular weight excluding hydrogens is 308 g/mol. The summed E-state index contributed by atoms with van der Waals surface area (Å²) in [5, 5.41) is 8.53. The Morgan fingerprint density at radius 2 is 1.22 bits per heavy atom. The maximum Gasteiger partial charge on any atom is 0.456 e. The van der Waals surface area contributed by atoms with Crippen molar-refractivity contribution in [3.05, 3.63) is 0 Å². The van der Waals surface area contributed by atoms with Gasteiger partial charge in [0, 0.05) is 0 Å². The van der Waals surface area contributed by atoms with Crippen LogP contribution >= 0.6 is 0 Å². The monoisotopic (exact) mass is 336 g/mol. The van der Waals surface area contributed by atoms with E-state index in [-0.39, 0.29) is 5.41 Å². The van der Waals surface area contributed by atoms with Crippen LogP contribution in [0.15, 0.2) is 0 Å². The first-order valence-electron chi connectivity index (χ1n) is 7.41. The van der Waals surface area contributed by atoms with E-state index in [0.29, 0.717) is 6.42 Å². The first-order chi connectivity index (χ1) is 10.3. The molecule has 0 aromatic rings. The van der Waals surface area contributed by atoms with Crippen molar-refractivity contribution in [2.24, 2.45) is 5.41 Å². The Morgan fingerprint density at radius 3 is 1.61 bits per heavy atom. The van der Waals surface area contributed by atoms with Gasteiger partial charge in [-0.05, 0) is 56.5 Å². The molecule has 0 unspecified atom stereocenters. The maximum atomic E-state index is 11.3. The van der Waals surface area contributed by atoms with Crippen molar-refractivity contribution in [1.29, 1.82) is 0 Å².